The largest absolute Gasteiger partial charge is 0.497 e. The molecule has 5 nitrogen and oxygen atoms in total. The first-order valence-electron chi connectivity index (χ1n) is 7.18. The van der Waals surface area contributed by atoms with Crippen LogP contribution in [0.3, 0.4) is 0 Å². The molecule has 1 heterocycles. The van der Waals surface area contributed by atoms with Crippen molar-refractivity contribution in [2.24, 2.45) is 0 Å². The van der Waals surface area contributed by atoms with Gasteiger partial charge in [-0.15, -0.1) is 0 Å². The number of benzene rings is 2. The zero-order valence-corrected chi connectivity index (χ0v) is 12.9. The van der Waals surface area contributed by atoms with Crippen molar-refractivity contribution in [2.45, 2.75) is 6.61 Å². The maximum Gasteiger partial charge on any atom is 0.338 e. The lowest BCUT2D eigenvalue weighted by Crippen LogP contribution is -2.05. The van der Waals surface area contributed by atoms with E-state index in [9.17, 15) is 9.18 Å². The van der Waals surface area contributed by atoms with Crippen LogP contribution in [-0.2, 0) is 11.3 Å². The van der Waals surface area contributed by atoms with Crippen molar-refractivity contribution in [3.8, 4) is 17.1 Å². The molecule has 0 atom stereocenters. The predicted octanol–water partition coefficient (Wildman–Crippen LogP) is 3.85. The summed E-state index contributed by atoms with van der Waals surface area (Å²) in [6.45, 7) is -0.0183. The fourth-order valence-corrected chi connectivity index (χ4v) is 2.08. The molecular weight excluding hydrogens is 313 g/mol. The Kier molecular flexibility index (Phi) is 4.56. The summed E-state index contributed by atoms with van der Waals surface area (Å²) < 4.78 is 28.3. The molecule has 0 aliphatic rings. The second kappa shape index (κ2) is 6.95. The molecule has 0 spiro atoms. The zero-order valence-electron chi connectivity index (χ0n) is 12.9. The fourth-order valence-electron chi connectivity index (χ4n) is 2.08. The summed E-state index contributed by atoms with van der Waals surface area (Å²) in [6.07, 6.45) is 0. The zero-order chi connectivity index (χ0) is 16.9. The Morgan fingerprint density at radius 2 is 1.83 bits per heavy atom. The minimum atomic E-state index is -0.469. The Balaban J connectivity index is 1.62. The number of hydrogen-bond acceptors (Lipinski definition) is 5. The Labute approximate surface area is 137 Å². The van der Waals surface area contributed by atoms with Crippen LogP contribution in [0, 0.1) is 5.82 Å². The highest BCUT2D eigenvalue weighted by Crippen LogP contribution is 2.21. The number of esters is 1. The van der Waals surface area contributed by atoms with E-state index in [-0.39, 0.29) is 12.4 Å². The molecule has 3 rings (SSSR count). The number of halogens is 1. The number of nitrogens with zero attached hydrogens (tertiary/aromatic N) is 1. The van der Waals surface area contributed by atoms with E-state index in [1.807, 2.05) is 0 Å². The van der Waals surface area contributed by atoms with E-state index < -0.39 is 5.97 Å². The molecule has 0 radical (unpaired) electrons. The minimum absolute atomic E-state index is 0.0183. The van der Waals surface area contributed by atoms with Crippen LogP contribution in [0.2, 0.25) is 0 Å². The smallest absolute Gasteiger partial charge is 0.338 e. The van der Waals surface area contributed by atoms with Crippen molar-refractivity contribution in [1.29, 1.82) is 0 Å². The first-order chi connectivity index (χ1) is 11.7. The van der Waals surface area contributed by atoms with Gasteiger partial charge in [0.1, 0.15) is 23.9 Å². The predicted molar refractivity (Wildman–Crippen MR) is 84.0 cm³/mol. The van der Waals surface area contributed by atoms with Crippen LogP contribution >= 0.6 is 0 Å². The van der Waals surface area contributed by atoms with Gasteiger partial charge in [-0.05, 0) is 48.5 Å². The van der Waals surface area contributed by atoms with Gasteiger partial charge in [0.2, 0.25) is 0 Å². The molecule has 0 amide bonds. The van der Waals surface area contributed by atoms with Gasteiger partial charge in [-0.25, -0.2) is 9.18 Å². The van der Waals surface area contributed by atoms with E-state index in [1.165, 1.54) is 12.1 Å². The van der Waals surface area contributed by atoms with Crippen molar-refractivity contribution >= 4 is 5.97 Å². The third-order valence-electron chi connectivity index (χ3n) is 3.36. The normalized spacial score (nSPS) is 10.4. The molecule has 2 aromatic carbocycles. The van der Waals surface area contributed by atoms with Crippen molar-refractivity contribution in [3.63, 3.8) is 0 Å². The highest BCUT2D eigenvalue weighted by Gasteiger charge is 2.11. The van der Waals surface area contributed by atoms with Gasteiger partial charge in [0, 0.05) is 11.6 Å². The summed E-state index contributed by atoms with van der Waals surface area (Å²) >= 11 is 0. The van der Waals surface area contributed by atoms with E-state index in [0.717, 1.165) is 0 Å². The lowest BCUT2D eigenvalue weighted by molar-refractivity contribution is 0.0464. The van der Waals surface area contributed by atoms with E-state index in [1.54, 1.807) is 49.6 Å². The van der Waals surface area contributed by atoms with Crippen LogP contribution in [0.5, 0.6) is 5.75 Å². The summed E-state index contributed by atoms with van der Waals surface area (Å²) in [5.74, 6) is 0.341. The third kappa shape index (κ3) is 3.60. The number of methoxy groups -OCH3 is 1. The lowest BCUT2D eigenvalue weighted by atomic mass is 10.1. The number of rotatable bonds is 5. The molecule has 0 bridgehead atoms. The number of aromatic nitrogens is 1. The van der Waals surface area contributed by atoms with Crippen molar-refractivity contribution in [1.82, 2.24) is 5.16 Å². The molecule has 0 aliphatic carbocycles. The van der Waals surface area contributed by atoms with Crippen LogP contribution < -0.4 is 4.74 Å². The van der Waals surface area contributed by atoms with Gasteiger partial charge >= 0.3 is 5.97 Å². The highest BCUT2D eigenvalue weighted by atomic mass is 19.1. The number of hydrogen-bond donors (Lipinski definition) is 0. The van der Waals surface area contributed by atoms with Gasteiger partial charge in [0.15, 0.2) is 5.76 Å². The van der Waals surface area contributed by atoms with Crippen molar-refractivity contribution in [2.75, 3.05) is 7.11 Å². The van der Waals surface area contributed by atoms with Gasteiger partial charge in [0.25, 0.3) is 0 Å². The van der Waals surface area contributed by atoms with E-state index in [0.29, 0.717) is 28.3 Å². The average molecular weight is 327 g/mol. The Bertz CT molecular complexity index is 825. The molecule has 122 valence electrons. The molecule has 6 heteroatoms. The molecule has 24 heavy (non-hydrogen) atoms. The molecule has 0 unspecified atom stereocenters. The summed E-state index contributed by atoms with van der Waals surface area (Å²) in [5, 5.41) is 3.84. The Hall–Kier alpha value is -3.15. The SMILES string of the molecule is COc1ccc(C(=O)OCc2cc(-c3ccc(F)cc3)on2)cc1. The first kappa shape index (κ1) is 15.7. The van der Waals surface area contributed by atoms with Gasteiger partial charge in [0.05, 0.1) is 12.7 Å². The molecule has 0 saturated carbocycles. The summed E-state index contributed by atoms with van der Waals surface area (Å²) in [6, 6.07) is 14.1. The van der Waals surface area contributed by atoms with Gasteiger partial charge < -0.3 is 14.0 Å². The Morgan fingerprint density at radius 3 is 2.50 bits per heavy atom. The molecule has 0 N–H and O–H groups in total. The van der Waals surface area contributed by atoms with Crippen LogP contribution in [0.4, 0.5) is 4.39 Å². The summed E-state index contributed by atoms with van der Waals surface area (Å²) in [4.78, 5) is 12.0. The molecule has 0 saturated heterocycles. The highest BCUT2D eigenvalue weighted by molar-refractivity contribution is 5.89. The quantitative estimate of drug-likeness (QED) is 0.666. The summed E-state index contributed by atoms with van der Waals surface area (Å²) in [7, 11) is 1.55. The number of carbonyl (C=O) groups excluding carboxylic acids is 1. The topological polar surface area (TPSA) is 61.6 Å². The van der Waals surface area contributed by atoms with E-state index in [2.05, 4.69) is 5.16 Å². The maximum absolute atomic E-state index is 12.9. The average Bonchev–Trinajstić information content (AvgIpc) is 3.09. The maximum atomic E-state index is 12.9. The number of ether oxygens (including phenoxy) is 2. The van der Waals surface area contributed by atoms with Crippen molar-refractivity contribution in [3.05, 3.63) is 71.7 Å². The lowest BCUT2D eigenvalue weighted by Gasteiger charge is -2.03. The fraction of sp³-hybridized carbons (Fsp3) is 0.111. The molecule has 3 aromatic rings. The monoisotopic (exact) mass is 327 g/mol. The third-order valence-corrected chi connectivity index (χ3v) is 3.36. The molecular formula is C18H14FNO4. The van der Waals surface area contributed by atoms with E-state index in [4.69, 9.17) is 14.0 Å². The summed E-state index contributed by atoms with van der Waals surface area (Å²) in [5.41, 5.74) is 1.57. The second-order valence-electron chi connectivity index (χ2n) is 4.99. The van der Waals surface area contributed by atoms with Crippen LogP contribution in [0.15, 0.2) is 59.1 Å². The second-order valence-corrected chi connectivity index (χ2v) is 4.99. The van der Waals surface area contributed by atoms with E-state index >= 15 is 0 Å². The first-order valence-corrected chi connectivity index (χ1v) is 7.18. The van der Waals surface area contributed by atoms with Gasteiger partial charge in [-0.2, -0.15) is 0 Å². The molecule has 1 aromatic heterocycles. The van der Waals surface area contributed by atoms with Crippen LogP contribution in [0.25, 0.3) is 11.3 Å². The van der Waals surface area contributed by atoms with Gasteiger partial charge in [-0.3, -0.25) is 0 Å². The van der Waals surface area contributed by atoms with Gasteiger partial charge in [-0.1, -0.05) is 5.16 Å². The Morgan fingerprint density at radius 1 is 1.12 bits per heavy atom. The van der Waals surface area contributed by atoms with Crippen molar-refractivity contribution < 1.29 is 23.2 Å². The number of carbonyl (C=O) groups is 1. The van der Waals surface area contributed by atoms with Crippen LogP contribution in [-0.4, -0.2) is 18.2 Å². The molecule has 0 aliphatic heterocycles. The molecule has 0 fully saturated rings. The van der Waals surface area contributed by atoms with Crippen LogP contribution in [0.1, 0.15) is 16.1 Å². The minimum Gasteiger partial charge on any atom is -0.497 e. The standard InChI is InChI=1S/C18H14FNO4/c1-22-16-8-4-13(5-9-16)18(21)23-11-15-10-17(24-20-15)12-2-6-14(19)7-3-12/h2-10H,11H2,1H3.